The highest BCUT2D eigenvalue weighted by Gasteiger charge is 2.12. The van der Waals surface area contributed by atoms with E-state index in [4.69, 9.17) is 9.47 Å². The van der Waals surface area contributed by atoms with Crippen LogP contribution in [0.2, 0.25) is 0 Å². The fraction of sp³-hybridized carbons (Fsp3) is 0.250. The molecule has 0 bridgehead atoms. The molecule has 6 nitrogen and oxygen atoms in total. The molecule has 0 aliphatic carbocycles. The van der Waals surface area contributed by atoms with Gasteiger partial charge in [0.05, 0.1) is 14.2 Å². The van der Waals surface area contributed by atoms with E-state index in [-0.39, 0.29) is 11.5 Å². The van der Waals surface area contributed by atoms with Gasteiger partial charge < -0.3 is 19.8 Å². The molecule has 0 aliphatic heterocycles. The first-order chi connectivity index (χ1) is 14.6. The Bertz CT molecular complexity index is 1120. The Kier molecular flexibility index (Phi) is 6.76. The number of ether oxygens (including phenoxy) is 2. The van der Waals surface area contributed by atoms with E-state index < -0.39 is 0 Å². The summed E-state index contributed by atoms with van der Waals surface area (Å²) in [4.78, 5) is 15.8. The maximum absolute atomic E-state index is 12.5. The van der Waals surface area contributed by atoms with Crippen molar-refractivity contribution in [3.05, 3.63) is 64.9 Å². The van der Waals surface area contributed by atoms with E-state index in [2.05, 4.69) is 23.3 Å². The van der Waals surface area contributed by atoms with Gasteiger partial charge in [0.25, 0.3) is 5.91 Å². The minimum atomic E-state index is -0.390. The number of aromatic amines is 1. The summed E-state index contributed by atoms with van der Waals surface area (Å²) in [6.07, 6.45) is 4.97. The third-order valence-corrected chi connectivity index (χ3v) is 5.03. The number of aryl methyl sites for hydroxylation is 1. The molecule has 0 aliphatic rings. The number of carbonyl (C=O) groups is 1. The molecule has 154 valence electrons. The molecule has 0 radical (unpaired) electrons. The number of carbonyl (C=O) groups excluding carboxylic acids is 1. The molecule has 2 aromatic carbocycles. The Labute approximate surface area is 176 Å². The van der Waals surface area contributed by atoms with Gasteiger partial charge >= 0.3 is 0 Å². The van der Waals surface area contributed by atoms with Crippen molar-refractivity contribution in [3.63, 3.8) is 0 Å². The highest BCUT2D eigenvalue weighted by Crippen LogP contribution is 2.27. The topological polar surface area (TPSA) is 87.1 Å². The molecule has 6 heteroatoms. The predicted molar refractivity (Wildman–Crippen MR) is 118 cm³/mol. The summed E-state index contributed by atoms with van der Waals surface area (Å²) < 4.78 is 10.5. The number of aromatic nitrogens is 1. The summed E-state index contributed by atoms with van der Waals surface area (Å²) in [6, 6.07) is 13.7. The number of rotatable bonds is 8. The van der Waals surface area contributed by atoms with Crippen molar-refractivity contribution in [2.45, 2.75) is 19.8 Å². The number of benzene rings is 2. The van der Waals surface area contributed by atoms with Crippen LogP contribution in [0.5, 0.6) is 11.5 Å². The smallest absolute Gasteiger partial charge is 0.261 e. The third kappa shape index (κ3) is 4.47. The lowest BCUT2D eigenvalue weighted by molar-refractivity contribution is -0.117. The van der Waals surface area contributed by atoms with Gasteiger partial charge in [0, 0.05) is 29.2 Å². The molecule has 2 N–H and O–H groups in total. The van der Waals surface area contributed by atoms with Crippen molar-refractivity contribution in [1.29, 1.82) is 5.26 Å². The first-order valence-corrected chi connectivity index (χ1v) is 9.81. The second-order valence-corrected chi connectivity index (χ2v) is 6.80. The highest BCUT2D eigenvalue weighted by molar-refractivity contribution is 6.04. The van der Waals surface area contributed by atoms with Crippen LogP contribution in [0.1, 0.15) is 23.6 Å². The lowest BCUT2D eigenvalue weighted by atomic mass is 10.1. The van der Waals surface area contributed by atoms with Gasteiger partial charge in [0.15, 0.2) is 11.5 Å². The predicted octanol–water partition coefficient (Wildman–Crippen LogP) is 4.01. The molecule has 3 aromatic rings. The first kappa shape index (κ1) is 21.0. The highest BCUT2D eigenvalue weighted by atomic mass is 16.5. The van der Waals surface area contributed by atoms with Crippen molar-refractivity contribution >= 4 is 22.9 Å². The molecule has 1 amide bonds. The summed E-state index contributed by atoms with van der Waals surface area (Å²) in [5.74, 6) is 0.911. The minimum Gasteiger partial charge on any atom is -0.493 e. The van der Waals surface area contributed by atoms with Gasteiger partial charge in [-0.05, 0) is 42.2 Å². The number of fused-ring (bicyclic) bond motifs is 1. The van der Waals surface area contributed by atoms with E-state index in [0.717, 1.165) is 28.5 Å². The zero-order chi connectivity index (χ0) is 21.5. The Hall–Kier alpha value is -3.72. The molecule has 0 saturated carbocycles. The second-order valence-electron chi connectivity index (χ2n) is 6.80. The molecule has 0 saturated heterocycles. The maximum atomic E-state index is 12.5. The number of para-hydroxylation sites is 1. The number of nitrogens with zero attached hydrogens (tertiary/aromatic N) is 1. The van der Waals surface area contributed by atoms with Crippen LogP contribution in [0.15, 0.2) is 48.2 Å². The van der Waals surface area contributed by atoms with Crippen LogP contribution in [0.3, 0.4) is 0 Å². The summed E-state index contributed by atoms with van der Waals surface area (Å²) >= 11 is 0. The zero-order valence-electron chi connectivity index (χ0n) is 17.4. The second kappa shape index (κ2) is 9.66. The number of hydrogen-bond donors (Lipinski definition) is 2. The lowest BCUT2D eigenvalue weighted by Crippen LogP contribution is -2.26. The maximum Gasteiger partial charge on any atom is 0.261 e. The normalized spacial score (nSPS) is 11.2. The summed E-state index contributed by atoms with van der Waals surface area (Å²) in [5.41, 5.74) is 4.14. The van der Waals surface area contributed by atoms with Crippen LogP contribution in [0.4, 0.5) is 0 Å². The van der Waals surface area contributed by atoms with E-state index >= 15 is 0 Å². The SMILES string of the molecule is CCc1cccc2c(/C=C(\C#N)C(=O)NCCc3ccc(OC)c(OC)c3)c[nH]c12. The van der Waals surface area contributed by atoms with E-state index in [9.17, 15) is 10.1 Å². The molecule has 0 unspecified atom stereocenters. The van der Waals surface area contributed by atoms with Crippen LogP contribution in [0.25, 0.3) is 17.0 Å². The van der Waals surface area contributed by atoms with E-state index in [1.54, 1.807) is 20.3 Å². The fourth-order valence-corrected chi connectivity index (χ4v) is 3.41. The summed E-state index contributed by atoms with van der Waals surface area (Å²) in [5, 5.41) is 13.3. The van der Waals surface area contributed by atoms with Crippen LogP contribution >= 0.6 is 0 Å². The number of hydrogen-bond acceptors (Lipinski definition) is 4. The molecular weight excluding hydrogens is 378 g/mol. The first-order valence-electron chi connectivity index (χ1n) is 9.81. The van der Waals surface area contributed by atoms with E-state index in [1.807, 2.05) is 42.6 Å². The Morgan fingerprint density at radius 2 is 2.00 bits per heavy atom. The standard InChI is InChI=1S/C24H25N3O3/c1-4-17-6-5-7-20-19(15-27-23(17)20)13-18(14-25)24(28)26-11-10-16-8-9-21(29-2)22(12-16)30-3/h5-9,12-13,15,27H,4,10-11H2,1-3H3,(H,26,28)/b18-13+. The van der Waals surface area contributed by atoms with Gasteiger partial charge in [0.2, 0.25) is 0 Å². The molecule has 0 fully saturated rings. The van der Waals surface area contributed by atoms with Crippen LogP contribution in [-0.4, -0.2) is 31.7 Å². The summed E-state index contributed by atoms with van der Waals surface area (Å²) in [6.45, 7) is 2.50. The molecule has 1 heterocycles. The van der Waals surface area contributed by atoms with Crippen molar-refractivity contribution in [2.24, 2.45) is 0 Å². The monoisotopic (exact) mass is 403 g/mol. The van der Waals surface area contributed by atoms with Gasteiger partial charge in [-0.15, -0.1) is 0 Å². The van der Waals surface area contributed by atoms with Gasteiger partial charge in [-0.3, -0.25) is 4.79 Å². The quantitative estimate of drug-likeness (QED) is 0.439. The molecule has 1 aromatic heterocycles. The van der Waals surface area contributed by atoms with Crippen LogP contribution in [0, 0.1) is 11.3 Å². The van der Waals surface area contributed by atoms with Gasteiger partial charge in [-0.25, -0.2) is 0 Å². The van der Waals surface area contributed by atoms with Crippen molar-refractivity contribution in [1.82, 2.24) is 10.3 Å². The van der Waals surface area contributed by atoms with Crippen LogP contribution in [-0.2, 0) is 17.6 Å². The summed E-state index contributed by atoms with van der Waals surface area (Å²) in [7, 11) is 3.17. The van der Waals surface area contributed by atoms with Gasteiger partial charge in [-0.2, -0.15) is 5.26 Å². The van der Waals surface area contributed by atoms with Crippen molar-refractivity contribution < 1.29 is 14.3 Å². The molecule has 0 spiro atoms. The Morgan fingerprint density at radius 1 is 1.20 bits per heavy atom. The Balaban J connectivity index is 1.69. The van der Waals surface area contributed by atoms with E-state index in [0.29, 0.717) is 24.5 Å². The number of methoxy groups -OCH3 is 2. The average molecular weight is 403 g/mol. The average Bonchev–Trinajstić information content (AvgIpc) is 3.20. The molecule has 3 rings (SSSR count). The van der Waals surface area contributed by atoms with Crippen molar-refractivity contribution in [3.8, 4) is 17.6 Å². The number of amides is 1. The zero-order valence-corrected chi connectivity index (χ0v) is 17.4. The largest absolute Gasteiger partial charge is 0.493 e. The minimum absolute atomic E-state index is 0.0742. The molecular formula is C24H25N3O3. The Morgan fingerprint density at radius 3 is 2.70 bits per heavy atom. The fourth-order valence-electron chi connectivity index (χ4n) is 3.41. The third-order valence-electron chi connectivity index (χ3n) is 5.03. The van der Waals surface area contributed by atoms with Gasteiger partial charge in [-0.1, -0.05) is 31.2 Å². The molecule has 30 heavy (non-hydrogen) atoms. The molecule has 0 atom stereocenters. The number of H-pyrrole nitrogens is 1. The van der Waals surface area contributed by atoms with Crippen molar-refractivity contribution in [2.75, 3.05) is 20.8 Å². The number of nitriles is 1. The van der Waals surface area contributed by atoms with E-state index in [1.165, 1.54) is 5.56 Å². The van der Waals surface area contributed by atoms with Crippen LogP contribution < -0.4 is 14.8 Å². The lowest BCUT2D eigenvalue weighted by Gasteiger charge is -2.10. The van der Waals surface area contributed by atoms with Gasteiger partial charge in [0.1, 0.15) is 11.6 Å². The number of nitrogens with one attached hydrogen (secondary N) is 2.